The summed E-state index contributed by atoms with van der Waals surface area (Å²) in [5.74, 6) is -2.89. The van der Waals surface area contributed by atoms with Crippen molar-refractivity contribution < 1.29 is 53.0 Å². The van der Waals surface area contributed by atoms with Crippen LogP contribution in [0, 0.1) is 0 Å². The SMILES string of the molecule is CCCC/C=C/C(=O)NCC[N+](CCO)(C(C)C(=O)[O-])C(C)C(=O)O.[Li+]. The molecule has 26 heavy (non-hydrogen) atoms. The van der Waals surface area contributed by atoms with Gasteiger partial charge in [-0.1, -0.05) is 25.8 Å². The number of quaternary nitrogens is 1. The molecule has 8 nitrogen and oxygen atoms in total. The Hall–Kier alpha value is -1.33. The number of aliphatic hydroxyl groups is 1. The first-order valence-corrected chi connectivity index (χ1v) is 8.58. The number of carboxylic acids is 2. The molecule has 0 heterocycles. The van der Waals surface area contributed by atoms with Gasteiger partial charge < -0.3 is 29.9 Å². The van der Waals surface area contributed by atoms with Crippen LogP contribution in [0.15, 0.2) is 12.2 Å². The van der Waals surface area contributed by atoms with Gasteiger partial charge in [0, 0.05) is 0 Å². The number of carbonyl (C=O) groups excluding carboxylic acids is 2. The number of aliphatic hydroxyl groups excluding tert-OH is 1. The average molecular weight is 365 g/mol. The van der Waals surface area contributed by atoms with Crippen LogP contribution in [-0.2, 0) is 14.4 Å². The van der Waals surface area contributed by atoms with Crippen molar-refractivity contribution in [3.8, 4) is 0 Å². The van der Waals surface area contributed by atoms with Crippen LogP contribution in [-0.4, -0.2) is 70.9 Å². The molecule has 0 fully saturated rings. The van der Waals surface area contributed by atoms with Crippen LogP contribution in [0.3, 0.4) is 0 Å². The fourth-order valence-electron chi connectivity index (χ4n) is 2.80. The van der Waals surface area contributed by atoms with Crippen molar-refractivity contribution in [2.45, 2.75) is 52.1 Å². The summed E-state index contributed by atoms with van der Waals surface area (Å²) in [7, 11) is 0. The Kier molecular flexibility index (Phi) is 14.3. The van der Waals surface area contributed by atoms with Gasteiger partial charge >= 0.3 is 24.8 Å². The molecule has 1 amide bonds. The molecule has 0 saturated carbocycles. The molecular formula is C17H30LiN2O6+. The number of amides is 1. The summed E-state index contributed by atoms with van der Waals surface area (Å²) in [6.07, 6.45) is 5.99. The fourth-order valence-corrected chi connectivity index (χ4v) is 2.80. The first-order valence-electron chi connectivity index (χ1n) is 8.58. The van der Waals surface area contributed by atoms with E-state index < -0.39 is 28.5 Å². The van der Waals surface area contributed by atoms with Gasteiger partial charge in [0.15, 0.2) is 6.04 Å². The van der Waals surface area contributed by atoms with Crippen molar-refractivity contribution in [3.63, 3.8) is 0 Å². The molecule has 0 aliphatic carbocycles. The third-order valence-corrected chi connectivity index (χ3v) is 4.58. The van der Waals surface area contributed by atoms with Crippen LogP contribution in [0.1, 0.15) is 40.0 Å². The summed E-state index contributed by atoms with van der Waals surface area (Å²) in [5, 5.41) is 32.6. The Morgan fingerprint density at radius 1 is 1.19 bits per heavy atom. The van der Waals surface area contributed by atoms with E-state index in [-0.39, 0.29) is 51.0 Å². The van der Waals surface area contributed by atoms with Gasteiger partial charge in [0.25, 0.3) is 0 Å². The maximum atomic E-state index is 11.8. The molecule has 0 aliphatic heterocycles. The molecule has 0 spiro atoms. The molecule has 0 aromatic heterocycles. The molecule has 9 heteroatoms. The largest absolute Gasteiger partial charge is 1.00 e. The van der Waals surface area contributed by atoms with Crippen molar-refractivity contribution in [3.05, 3.63) is 12.2 Å². The van der Waals surface area contributed by atoms with E-state index in [0.29, 0.717) is 0 Å². The Morgan fingerprint density at radius 3 is 2.27 bits per heavy atom. The molecule has 0 aliphatic rings. The normalized spacial score (nSPS) is 15.5. The van der Waals surface area contributed by atoms with E-state index in [1.807, 2.05) is 0 Å². The molecule has 0 aromatic rings. The van der Waals surface area contributed by atoms with E-state index in [1.54, 1.807) is 6.08 Å². The van der Waals surface area contributed by atoms with Gasteiger partial charge in [-0.15, -0.1) is 0 Å². The van der Waals surface area contributed by atoms with Gasteiger partial charge in [-0.05, 0) is 26.3 Å². The van der Waals surface area contributed by atoms with Crippen molar-refractivity contribution in [2.75, 3.05) is 26.2 Å². The second-order valence-electron chi connectivity index (χ2n) is 6.12. The third kappa shape index (κ3) is 8.37. The van der Waals surface area contributed by atoms with E-state index in [0.717, 1.165) is 19.3 Å². The summed E-state index contributed by atoms with van der Waals surface area (Å²) in [6.45, 7) is 4.50. The molecule has 0 aromatic carbocycles. The molecule has 0 bridgehead atoms. The summed E-state index contributed by atoms with van der Waals surface area (Å²) in [4.78, 5) is 34.5. The number of aliphatic carboxylic acids is 2. The zero-order chi connectivity index (χ0) is 19.5. The number of nitrogens with one attached hydrogen (secondary N) is 1. The zero-order valence-corrected chi connectivity index (χ0v) is 16.2. The maximum absolute atomic E-state index is 11.8. The summed E-state index contributed by atoms with van der Waals surface area (Å²) in [6, 6.07) is -2.22. The predicted molar refractivity (Wildman–Crippen MR) is 90.3 cm³/mol. The minimum atomic E-state index is -1.40. The van der Waals surface area contributed by atoms with Crippen molar-refractivity contribution in [1.82, 2.24) is 5.32 Å². The molecule has 0 saturated heterocycles. The number of hydrogen-bond donors (Lipinski definition) is 3. The van der Waals surface area contributed by atoms with Gasteiger partial charge in [0.1, 0.15) is 12.6 Å². The van der Waals surface area contributed by atoms with E-state index in [2.05, 4.69) is 12.2 Å². The number of nitrogens with zero attached hydrogens (tertiary/aromatic N) is 1. The number of carbonyl (C=O) groups is 3. The van der Waals surface area contributed by atoms with Crippen molar-refractivity contribution in [2.24, 2.45) is 0 Å². The topological polar surface area (TPSA) is 127 Å². The molecule has 3 atom stereocenters. The first kappa shape index (κ1) is 26.9. The van der Waals surface area contributed by atoms with E-state index in [9.17, 15) is 29.7 Å². The van der Waals surface area contributed by atoms with Gasteiger partial charge in [-0.2, -0.15) is 0 Å². The Bertz CT molecular complexity index is 464. The predicted octanol–water partition coefficient (Wildman–Crippen LogP) is -3.73. The Balaban J connectivity index is 0. The zero-order valence-electron chi connectivity index (χ0n) is 16.2. The number of unbranched alkanes of at least 4 members (excludes halogenated alkanes) is 2. The average Bonchev–Trinajstić information content (AvgIpc) is 2.56. The fraction of sp³-hybridized carbons (Fsp3) is 0.706. The van der Waals surface area contributed by atoms with Crippen molar-refractivity contribution in [1.29, 1.82) is 0 Å². The molecular weight excluding hydrogens is 335 g/mol. The Labute approximate surface area is 167 Å². The molecule has 3 N–H and O–H groups in total. The van der Waals surface area contributed by atoms with Crippen LogP contribution in [0.4, 0.5) is 0 Å². The van der Waals surface area contributed by atoms with Crippen LogP contribution in [0.25, 0.3) is 0 Å². The van der Waals surface area contributed by atoms with Gasteiger partial charge in [0.2, 0.25) is 5.91 Å². The number of hydrogen-bond acceptors (Lipinski definition) is 5. The number of rotatable bonds is 13. The minimum Gasteiger partial charge on any atom is -0.544 e. The maximum Gasteiger partial charge on any atom is 1.00 e. The van der Waals surface area contributed by atoms with Crippen LogP contribution < -0.4 is 29.3 Å². The van der Waals surface area contributed by atoms with Crippen molar-refractivity contribution >= 4 is 17.8 Å². The second-order valence-corrected chi connectivity index (χ2v) is 6.12. The second kappa shape index (κ2) is 13.8. The Morgan fingerprint density at radius 2 is 1.81 bits per heavy atom. The summed E-state index contributed by atoms with van der Waals surface area (Å²) < 4.78 is -0.409. The van der Waals surface area contributed by atoms with E-state index in [4.69, 9.17) is 0 Å². The van der Waals surface area contributed by atoms with E-state index in [1.165, 1.54) is 19.9 Å². The van der Waals surface area contributed by atoms with Crippen LogP contribution in [0.5, 0.6) is 0 Å². The summed E-state index contributed by atoms with van der Waals surface area (Å²) in [5.41, 5.74) is 0. The smallest absolute Gasteiger partial charge is 0.544 e. The quantitative estimate of drug-likeness (QED) is 0.133. The number of carboxylic acid groups (broad SMARTS) is 2. The van der Waals surface area contributed by atoms with Crippen LogP contribution >= 0.6 is 0 Å². The minimum absolute atomic E-state index is 0. The first-order chi connectivity index (χ1) is 11.7. The molecule has 144 valence electrons. The van der Waals surface area contributed by atoms with Crippen LogP contribution in [0.2, 0.25) is 0 Å². The van der Waals surface area contributed by atoms with Gasteiger partial charge in [-0.3, -0.25) is 4.79 Å². The monoisotopic (exact) mass is 365 g/mol. The third-order valence-electron chi connectivity index (χ3n) is 4.58. The van der Waals surface area contributed by atoms with Gasteiger partial charge in [-0.25, -0.2) is 4.79 Å². The van der Waals surface area contributed by atoms with E-state index >= 15 is 0 Å². The van der Waals surface area contributed by atoms with Gasteiger partial charge in [0.05, 0.1) is 25.7 Å². The molecule has 0 rings (SSSR count). The molecule has 3 unspecified atom stereocenters. The molecule has 0 radical (unpaired) electrons. The summed E-state index contributed by atoms with van der Waals surface area (Å²) >= 11 is 0. The standard InChI is InChI=1S/C17H30N2O6.Li/c1-4-5-6-7-8-15(21)18-9-10-19(11-12-20,13(2)16(22)23)14(3)17(24)25;/h7-8,13-14,20H,4-6,9-12H2,1-3H3,(H2-,18,21,22,23,24,25);/q;+1/b8-7+;. The number of allylic oxidation sites excluding steroid dienone is 1.